The van der Waals surface area contributed by atoms with Crippen molar-refractivity contribution in [3.8, 4) is 5.75 Å². The normalized spacial score (nSPS) is 23.7. The molecule has 1 heterocycles. The minimum absolute atomic E-state index is 0.798. The summed E-state index contributed by atoms with van der Waals surface area (Å²) in [5.41, 5.74) is 0. The number of hydrogen-bond acceptors (Lipinski definition) is 3. The zero-order chi connectivity index (χ0) is 13.6. The van der Waals surface area contributed by atoms with Crippen LogP contribution in [0.2, 0.25) is 0 Å². The molecule has 3 rings (SSSR count). The first-order chi connectivity index (χ1) is 9.90. The van der Waals surface area contributed by atoms with Gasteiger partial charge in [-0.3, -0.25) is 4.90 Å². The number of ether oxygens (including phenoxy) is 1. The average Bonchev–Trinajstić information content (AvgIpc) is 3.31. The number of rotatable bonds is 7. The number of nitrogens with zero attached hydrogens (tertiary/aromatic N) is 1. The lowest BCUT2D eigenvalue weighted by atomic mass is 9.98. The van der Waals surface area contributed by atoms with Gasteiger partial charge in [0.1, 0.15) is 12.4 Å². The van der Waals surface area contributed by atoms with Crippen LogP contribution in [0.4, 0.5) is 0 Å². The summed E-state index contributed by atoms with van der Waals surface area (Å²) in [6, 6.07) is 11.0. The first-order valence-electron chi connectivity index (χ1n) is 8.04. The third-order valence-electron chi connectivity index (χ3n) is 4.30. The molecule has 0 amide bonds. The highest BCUT2D eigenvalue weighted by atomic mass is 16.5. The van der Waals surface area contributed by atoms with Gasteiger partial charge in [-0.15, -0.1) is 0 Å². The van der Waals surface area contributed by atoms with Crippen LogP contribution in [0.3, 0.4) is 0 Å². The lowest BCUT2D eigenvalue weighted by molar-refractivity contribution is 0.145. The van der Waals surface area contributed by atoms with Gasteiger partial charge in [0, 0.05) is 19.1 Å². The molecule has 1 aliphatic carbocycles. The zero-order valence-electron chi connectivity index (χ0n) is 12.3. The predicted octanol–water partition coefficient (Wildman–Crippen LogP) is 2.53. The Labute approximate surface area is 122 Å². The van der Waals surface area contributed by atoms with Crippen LogP contribution in [0.15, 0.2) is 30.3 Å². The zero-order valence-corrected chi connectivity index (χ0v) is 12.3. The minimum atomic E-state index is 0.798. The van der Waals surface area contributed by atoms with Gasteiger partial charge in [-0.2, -0.15) is 0 Å². The monoisotopic (exact) mass is 274 g/mol. The predicted molar refractivity (Wildman–Crippen MR) is 82.1 cm³/mol. The number of para-hydroxylation sites is 1. The minimum Gasteiger partial charge on any atom is -0.492 e. The Kier molecular flexibility index (Phi) is 4.93. The Hall–Kier alpha value is -1.06. The van der Waals surface area contributed by atoms with Gasteiger partial charge in [0.25, 0.3) is 0 Å². The molecule has 2 aliphatic rings. The summed E-state index contributed by atoms with van der Waals surface area (Å²) in [6.07, 6.45) is 5.50. The maximum atomic E-state index is 5.79. The van der Waals surface area contributed by atoms with Crippen LogP contribution in [0.25, 0.3) is 0 Å². The summed E-state index contributed by atoms with van der Waals surface area (Å²) in [7, 11) is 0. The van der Waals surface area contributed by atoms with Gasteiger partial charge in [0.2, 0.25) is 0 Å². The molecule has 1 saturated carbocycles. The highest BCUT2D eigenvalue weighted by Gasteiger charge is 2.24. The second-order valence-corrected chi connectivity index (χ2v) is 6.15. The SMILES string of the molecule is c1ccc(OCCN2CCCC(CNC3CC3)C2)cc1. The Morgan fingerprint density at radius 2 is 2.00 bits per heavy atom. The molecule has 110 valence electrons. The van der Waals surface area contributed by atoms with Crippen molar-refractivity contribution in [1.29, 1.82) is 0 Å². The molecule has 1 aliphatic heterocycles. The highest BCUT2D eigenvalue weighted by Crippen LogP contribution is 2.21. The number of hydrogen-bond donors (Lipinski definition) is 1. The van der Waals surface area contributed by atoms with Crippen molar-refractivity contribution in [3.05, 3.63) is 30.3 Å². The van der Waals surface area contributed by atoms with E-state index in [1.165, 1.54) is 45.3 Å². The maximum Gasteiger partial charge on any atom is 0.119 e. The summed E-state index contributed by atoms with van der Waals surface area (Å²) in [4.78, 5) is 2.56. The molecule has 2 fully saturated rings. The van der Waals surface area contributed by atoms with Gasteiger partial charge >= 0.3 is 0 Å². The third-order valence-corrected chi connectivity index (χ3v) is 4.30. The lowest BCUT2D eigenvalue weighted by Crippen LogP contribution is -2.41. The van der Waals surface area contributed by atoms with Gasteiger partial charge in [0.05, 0.1) is 0 Å². The maximum absolute atomic E-state index is 5.79. The molecule has 1 atom stereocenters. The molecular weight excluding hydrogens is 248 g/mol. The molecule has 0 aromatic heterocycles. The van der Waals surface area contributed by atoms with Crippen LogP contribution in [-0.4, -0.2) is 43.7 Å². The van der Waals surface area contributed by atoms with Crippen molar-refractivity contribution < 1.29 is 4.74 Å². The molecule has 1 unspecified atom stereocenters. The largest absolute Gasteiger partial charge is 0.492 e. The quantitative estimate of drug-likeness (QED) is 0.827. The van der Waals surface area contributed by atoms with Crippen molar-refractivity contribution in [2.75, 3.05) is 32.8 Å². The molecule has 3 heteroatoms. The molecular formula is C17H26N2O. The molecule has 3 nitrogen and oxygen atoms in total. The van der Waals surface area contributed by atoms with E-state index in [1.807, 2.05) is 30.3 Å². The molecule has 20 heavy (non-hydrogen) atoms. The van der Waals surface area contributed by atoms with E-state index < -0.39 is 0 Å². The van der Waals surface area contributed by atoms with E-state index in [1.54, 1.807) is 0 Å². The average molecular weight is 274 g/mol. The fourth-order valence-corrected chi connectivity index (χ4v) is 2.95. The van der Waals surface area contributed by atoms with Crippen LogP contribution in [0, 0.1) is 5.92 Å². The molecule has 0 radical (unpaired) electrons. The van der Waals surface area contributed by atoms with Crippen LogP contribution in [0.5, 0.6) is 5.75 Å². The van der Waals surface area contributed by atoms with Crippen LogP contribution >= 0.6 is 0 Å². The summed E-state index contributed by atoms with van der Waals surface area (Å²) in [5, 5.41) is 3.67. The highest BCUT2D eigenvalue weighted by molar-refractivity contribution is 5.20. The Bertz CT molecular complexity index is 391. The number of benzene rings is 1. The molecule has 1 aromatic carbocycles. The van der Waals surface area contributed by atoms with E-state index in [0.29, 0.717) is 0 Å². The van der Waals surface area contributed by atoms with Crippen LogP contribution in [-0.2, 0) is 0 Å². The van der Waals surface area contributed by atoms with E-state index in [0.717, 1.165) is 30.9 Å². The lowest BCUT2D eigenvalue weighted by Gasteiger charge is -2.32. The third kappa shape index (κ3) is 4.50. The first kappa shape index (κ1) is 13.9. The van der Waals surface area contributed by atoms with E-state index in [2.05, 4.69) is 10.2 Å². The topological polar surface area (TPSA) is 24.5 Å². The van der Waals surface area contributed by atoms with E-state index in [9.17, 15) is 0 Å². The van der Waals surface area contributed by atoms with Crippen LogP contribution < -0.4 is 10.1 Å². The second kappa shape index (κ2) is 7.09. The number of piperidine rings is 1. The van der Waals surface area contributed by atoms with Gasteiger partial charge in [-0.25, -0.2) is 0 Å². The molecule has 1 saturated heterocycles. The Morgan fingerprint density at radius 1 is 1.15 bits per heavy atom. The summed E-state index contributed by atoms with van der Waals surface area (Å²) in [6.45, 7) is 5.53. The second-order valence-electron chi connectivity index (χ2n) is 6.15. The van der Waals surface area contributed by atoms with E-state index in [-0.39, 0.29) is 0 Å². The van der Waals surface area contributed by atoms with Crippen molar-refractivity contribution in [2.45, 2.75) is 31.7 Å². The summed E-state index contributed by atoms with van der Waals surface area (Å²) < 4.78 is 5.79. The smallest absolute Gasteiger partial charge is 0.119 e. The number of nitrogens with one attached hydrogen (secondary N) is 1. The van der Waals surface area contributed by atoms with Gasteiger partial charge in [0.15, 0.2) is 0 Å². The molecule has 1 aromatic rings. The van der Waals surface area contributed by atoms with Crippen molar-refractivity contribution in [3.63, 3.8) is 0 Å². The fourth-order valence-electron chi connectivity index (χ4n) is 2.95. The summed E-state index contributed by atoms with van der Waals surface area (Å²) >= 11 is 0. The van der Waals surface area contributed by atoms with Crippen molar-refractivity contribution in [1.82, 2.24) is 10.2 Å². The molecule has 1 N–H and O–H groups in total. The van der Waals surface area contributed by atoms with Gasteiger partial charge in [-0.1, -0.05) is 18.2 Å². The first-order valence-corrected chi connectivity index (χ1v) is 8.04. The van der Waals surface area contributed by atoms with Crippen molar-refractivity contribution in [2.24, 2.45) is 5.92 Å². The van der Waals surface area contributed by atoms with E-state index >= 15 is 0 Å². The molecule has 0 spiro atoms. The Balaban J connectivity index is 1.34. The van der Waals surface area contributed by atoms with E-state index in [4.69, 9.17) is 4.74 Å². The standard InChI is InChI=1S/C17H26N2O/c1-2-6-17(7-3-1)20-12-11-19-10-4-5-15(14-19)13-18-16-8-9-16/h1-3,6-7,15-16,18H,4-5,8-14H2. The molecule has 0 bridgehead atoms. The summed E-state index contributed by atoms with van der Waals surface area (Å²) in [5.74, 6) is 1.82. The van der Waals surface area contributed by atoms with Gasteiger partial charge < -0.3 is 10.1 Å². The van der Waals surface area contributed by atoms with Gasteiger partial charge in [-0.05, 0) is 56.8 Å². The Morgan fingerprint density at radius 3 is 2.80 bits per heavy atom. The number of likely N-dealkylation sites (tertiary alicyclic amines) is 1. The van der Waals surface area contributed by atoms with Crippen molar-refractivity contribution >= 4 is 0 Å². The van der Waals surface area contributed by atoms with Crippen LogP contribution in [0.1, 0.15) is 25.7 Å². The fraction of sp³-hybridized carbons (Fsp3) is 0.647.